The fourth-order valence-electron chi connectivity index (χ4n) is 4.26. The Labute approximate surface area is 178 Å². The molecule has 6 heteroatoms. The molecule has 0 unspecified atom stereocenters. The number of nitrogens with zero attached hydrogens (tertiary/aromatic N) is 3. The van der Waals surface area contributed by atoms with E-state index in [0.717, 1.165) is 31.7 Å². The summed E-state index contributed by atoms with van der Waals surface area (Å²) in [5, 5.41) is 3.05. The molecule has 160 valence electrons. The highest BCUT2D eigenvalue weighted by atomic mass is 19.1. The van der Waals surface area contributed by atoms with Crippen molar-refractivity contribution in [2.45, 2.75) is 25.8 Å². The number of piperazine rings is 1. The van der Waals surface area contributed by atoms with E-state index in [1.165, 1.54) is 49.2 Å². The van der Waals surface area contributed by atoms with Gasteiger partial charge in [0.05, 0.1) is 0 Å². The topological polar surface area (TPSA) is 38.8 Å². The van der Waals surface area contributed by atoms with E-state index in [0.29, 0.717) is 19.6 Å². The molecule has 30 heavy (non-hydrogen) atoms. The number of carbonyl (C=O) groups is 1. The zero-order valence-corrected chi connectivity index (χ0v) is 17.5. The van der Waals surface area contributed by atoms with E-state index in [9.17, 15) is 9.18 Å². The molecule has 2 amide bonds. The quantitative estimate of drug-likeness (QED) is 0.792. The van der Waals surface area contributed by atoms with Crippen molar-refractivity contribution in [2.24, 2.45) is 0 Å². The highest BCUT2D eigenvalue weighted by Gasteiger charge is 2.21. The van der Waals surface area contributed by atoms with Gasteiger partial charge >= 0.3 is 6.03 Å². The molecule has 1 N–H and O–H groups in total. The van der Waals surface area contributed by atoms with Crippen LogP contribution in [0, 0.1) is 5.82 Å². The van der Waals surface area contributed by atoms with Crippen LogP contribution in [0.2, 0.25) is 0 Å². The Morgan fingerprint density at radius 2 is 1.47 bits per heavy atom. The van der Waals surface area contributed by atoms with Crippen molar-refractivity contribution in [2.75, 3.05) is 50.7 Å². The first-order valence-corrected chi connectivity index (χ1v) is 11.0. The van der Waals surface area contributed by atoms with Crippen molar-refractivity contribution >= 4 is 11.7 Å². The third-order valence-corrected chi connectivity index (χ3v) is 6.08. The SMILES string of the molecule is O=C(NCCc1ccc(CN2CCCC2)cc1)N1CCN(c2ccc(F)cc2)CC1. The lowest BCUT2D eigenvalue weighted by Crippen LogP contribution is -2.52. The van der Waals surface area contributed by atoms with Gasteiger partial charge in [0.1, 0.15) is 5.82 Å². The molecule has 2 aliphatic rings. The van der Waals surface area contributed by atoms with Crippen LogP contribution >= 0.6 is 0 Å². The monoisotopic (exact) mass is 410 g/mol. The number of hydrogen-bond donors (Lipinski definition) is 1. The summed E-state index contributed by atoms with van der Waals surface area (Å²) in [6.45, 7) is 6.99. The van der Waals surface area contributed by atoms with E-state index in [-0.39, 0.29) is 11.8 Å². The van der Waals surface area contributed by atoms with Crippen molar-refractivity contribution < 1.29 is 9.18 Å². The Bertz CT molecular complexity index is 810. The summed E-state index contributed by atoms with van der Waals surface area (Å²) in [4.78, 5) is 19.0. The number of urea groups is 1. The number of hydrogen-bond acceptors (Lipinski definition) is 3. The Hall–Kier alpha value is -2.60. The third kappa shape index (κ3) is 5.51. The molecular weight excluding hydrogens is 379 g/mol. The fraction of sp³-hybridized carbons (Fsp3) is 0.458. The second kappa shape index (κ2) is 9.94. The molecule has 0 spiro atoms. The molecule has 2 saturated heterocycles. The lowest BCUT2D eigenvalue weighted by Gasteiger charge is -2.36. The van der Waals surface area contributed by atoms with Crippen LogP contribution in [0.1, 0.15) is 24.0 Å². The number of carbonyl (C=O) groups excluding carboxylic acids is 1. The number of rotatable bonds is 6. The third-order valence-electron chi connectivity index (χ3n) is 6.08. The van der Waals surface area contributed by atoms with Gasteiger partial charge in [-0.05, 0) is 67.7 Å². The highest BCUT2D eigenvalue weighted by Crippen LogP contribution is 2.17. The van der Waals surface area contributed by atoms with Crippen LogP contribution in [0.3, 0.4) is 0 Å². The van der Waals surface area contributed by atoms with Crippen LogP contribution in [0.5, 0.6) is 0 Å². The standard InChI is InChI=1S/C24H31FN4O/c25-22-7-9-23(10-8-22)28-15-17-29(18-16-28)24(30)26-12-11-20-3-5-21(6-4-20)19-27-13-1-2-14-27/h3-10H,1-2,11-19H2,(H,26,30). The molecule has 2 fully saturated rings. The maximum atomic E-state index is 13.1. The minimum absolute atomic E-state index is 0.000547. The van der Waals surface area contributed by atoms with Crippen LogP contribution in [-0.2, 0) is 13.0 Å². The van der Waals surface area contributed by atoms with Gasteiger partial charge in [-0.3, -0.25) is 4.90 Å². The normalized spacial score (nSPS) is 17.4. The molecule has 5 nitrogen and oxygen atoms in total. The summed E-state index contributed by atoms with van der Waals surface area (Å²) in [5.74, 6) is -0.224. The van der Waals surface area contributed by atoms with Gasteiger partial charge in [-0.1, -0.05) is 24.3 Å². The van der Waals surface area contributed by atoms with Crippen LogP contribution in [0.25, 0.3) is 0 Å². The first-order valence-electron chi connectivity index (χ1n) is 11.0. The second-order valence-corrected chi connectivity index (χ2v) is 8.23. The van der Waals surface area contributed by atoms with Gasteiger partial charge in [0, 0.05) is 45.0 Å². The van der Waals surface area contributed by atoms with Crippen molar-refractivity contribution in [3.8, 4) is 0 Å². The Balaban J connectivity index is 1.16. The minimum Gasteiger partial charge on any atom is -0.368 e. The molecule has 0 aliphatic carbocycles. The summed E-state index contributed by atoms with van der Waals surface area (Å²) in [6, 6.07) is 15.3. The molecule has 2 aliphatic heterocycles. The van der Waals surface area contributed by atoms with Crippen molar-refractivity contribution in [1.82, 2.24) is 15.1 Å². The largest absolute Gasteiger partial charge is 0.368 e. The lowest BCUT2D eigenvalue weighted by atomic mass is 10.1. The number of benzene rings is 2. The van der Waals surface area contributed by atoms with Gasteiger partial charge < -0.3 is 15.1 Å². The Morgan fingerprint density at radius 1 is 0.833 bits per heavy atom. The predicted molar refractivity (Wildman–Crippen MR) is 118 cm³/mol. The minimum atomic E-state index is -0.224. The van der Waals surface area contributed by atoms with Gasteiger partial charge in [0.2, 0.25) is 0 Å². The molecule has 0 saturated carbocycles. The zero-order chi connectivity index (χ0) is 20.8. The van der Waals surface area contributed by atoms with Crippen molar-refractivity contribution in [3.05, 3.63) is 65.5 Å². The molecule has 0 bridgehead atoms. The predicted octanol–water partition coefficient (Wildman–Crippen LogP) is 3.50. The zero-order valence-electron chi connectivity index (χ0n) is 17.5. The van der Waals surface area contributed by atoms with Crippen molar-refractivity contribution in [1.29, 1.82) is 0 Å². The number of halogens is 1. The number of anilines is 1. The fourth-order valence-corrected chi connectivity index (χ4v) is 4.26. The summed E-state index contributed by atoms with van der Waals surface area (Å²) >= 11 is 0. The van der Waals surface area contributed by atoms with Crippen LogP contribution in [0.15, 0.2) is 48.5 Å². The molecule has 2 aromatic rings. The maximum Gasteiger partial charge on any atom is 0.317 e. The summed E-state index contributed by atoms with van der Waals surface area (Å²) < 4.78 is 13.1. The van der Waals surface area contributed by atoms with E-state index >= 15 is 0 Å². The maximum absolute atomic E-state index is 13.1. The average molecular weight is 411 g/mol. The van der Waals surface area contributed by atoms with Crippen molar-refractivity contribution in [3.63, 3.8) is 0 Å². The molecule has 0 atom stereocenters. The van der Waals surface area contributed by atoms with E-state index in [4.69, 9.17) is 0 Å². The van der Waals surface area contributed by atoms with Gasteiger partial charge in [0.25, 0.3) is 0 Å². The molecule has 2 aromatic carbocycles. The second-order valence-electron chi connectivity index (χ2n) is 8.23. The van der Waals surface area contributed by atoms with E-state index < -0.39 is 0 Å². The van der Waals surface area contributed by atoms with E-state index in [1.807, 2.05) is 4.90 Å². The molecule has 0 aromatic heterocycles. The number of nitrogens with one attached hydrogen (secondary N) is 1. The Kier molecular flexibility index (Phi) is 6.84. The summed E-state index contributed by atoms with van der Waals surface area (Å²) in [5.41, 5.74) is 3.62. The average Bonchev–Trinajstić information content (AvgIpc) is 3.29. The first-order chi connectivity index (χ1) is 14.7. The van der Waals surface area contributed by atoms with Gasteiger partial charge in [-0.15, -0.1) is 0 Å². The van der Waals surface area contributed by atoms with Gasteiger partial charge in [-0.25, -0.2) is 9.18 Å². The first kappa shape index (κ1) is 20.7. The Morgan fingerprint density at radius 3 is 2.13 bits per heavy atom. The van der Waals surface area contributed by atoms with Crippen LogP contribution in [-0.4, -0.2) is 61.6 Å². The van der Waals surface area contributed by atoms with Crippen LogP contribution < -0.4 is 10.2 Å². The van der Waals surface area contributed by atoms with E-state index in [2.05, 4.69) is 39.4 Å². The molecule has 4 rings (SSSR count). The van der Waals surface area contributed by atoms with Crippen LogP contribution in [0.4, 0.5) is 14.9 Å². The number of likely N-dealkylation sites (tertiary alicyclic amines) is 1. The van der Waals surface area contributed by atoms with E-state index in [1.54, 1.807) is 12.1 Å². The smallest absolute Gasteiger partial charge is 0.317 e. The number of amides is 2. The van der Waals surface area contributed by atoms with Gasteiger partial charge in [-0.2, -0.15) is 0 Å². The highest BCUT2D eigenvalue weighted by molar-refractivity contribution is 5.74. The lowest BCUT2D eigenvalue weighted by molar-refractivity contribution is 0.194. The molecular formula is C24H31FN4O. The molecule has 0 radical (unpaired) electrons. The summed E-state index contributed by atoms with van der Waals surface area (Å²) in [7, 11) is 0. The summed E-state index contributed by atoms with van der Waals surface area (Å²) in [6.07, 6.45) is 3.48. The van der Waals surface area contributed by atoms with Gasteiger partial charge in [0.15, 0.2) is 0 Å². The molecule has 2 heterocycles.